The predicted octanol–water partition coefficient (Wildman–Crippen LogP) is 3.11. The van der Waals surface area contributed by atoms with E-state index in [0.29, 0.717) is 29.2 Å². The van der Waals surface area contributed by atoms with Gasteiger partial charge in [-0.05, 0) is 31.1 Å². The maximum atomic E-state index is 8.85. The molecule has 114 valence electrons. The number of hydrogen-bond donors (Lipinski definition) is 0. The van der Waals surface area contributed by atoms with Crippen LogP contribution in [-0.2, 0) is 4.74 Å². The third kappa shape index (κ3) is 3.13. The molecule has 3 fully saturated rings. The molecule has 4 heteroatoms. The van der Waals surface area contributed by atoms with Crippen molar-refractivity contribution in [1.82, 2.24) is 4.90 Å². The molecule has 0 spiro atoms. The van der Waals surface area contributed by atoms with Gasteiger partial charge in [0.05, 0.1) is 12.7 Å². The third-order valence-electron chi connectivity index (χ3n) is 5.13. The van der Waals surface area contributed by atoms with Crippen molar-refractivity contribution in [2.75, 3.05) is 13.2 Å². The molecule has 1 heterocycles. The van der Waals surface area contributed by atoms with Gasteiger partial charge in [0.15, 0.2) is 0 Å². The molecule has 3 atom stereocenters. The number of hydrogen-bond acceptors (Lipinski definition) is 3. The first kappa shape index (κ1) is 14.6. The lowest BCUT2D eigenvalue weighted by Gasteiger charge is -2.34. The summed E-state index contributed by atoms with van der Waals surface area (Å²) in [4.78, 5) is 6.76. The summed E-state index contributed by atoms with van der Waals surface area (Å²) in [7, 11) is 0. The van der Waals surface area contributed by atoms with Crippen LogP contribution in [-0.4, -0.2) is 36.0 Å². The Labute approximate surface area is 127 Å². The minimum absolute atomic E-state index is 0.309. The summed E-state index contributed by atoms with van der Waals surface area (Å²) in [6.07, 6.45) is 6.22. The van der Waals surface area contributed by atoms with Gasteiger partial charge >= 0.3 is 0 Å². The van der Waals surface area contributed by atoms with E-state index in [-0.39, 0.29) is 0 Å². The van der Waals surface area contributed by atoms with Crippen LogP contribution in [0.5, 0.6) is 0 Å². The molecule has 21 heavy (non-hydrogen) atoms. The smallest absolute Gasteiger partial charge is 0.135 e. The highest BCUT2D eigenvalue weighted by Crippen LogP contribution is 2.48. The summed E-state index contributed by atoms with van der Waals surface area (Å²) >= 11 is 0. The number of nitriles is 1. The van der Waals surface area contributed by atoms with E-state index in [0.717, 1.165) is 31.8 Å². The van der Waals surface area contributed by atoms with Gasteiger partial charge in [-0.15, -0.1) is 0 Å². The lowest BCUT2D eigenvalue weighted by molar-refractivity contribution is -0.00974. The second kappa shape index (κ2) is 5.46. The fourth-order valence-corrected chi connectivity index (χ4v) is 3.32. The van der Waals surface area contributed by atoms with Gasteiger partial charge in [0.2, 0.25) is 0 Å². The maximum Gasteiger partial charge on any atom is 0.135 e. The Balaban J connectivity index is 1.57. The number of aliphatic imine (C=N–C) groups is 1. The lowest BCUT2D eigenvalue weighted by Crippen LogP contribution is -2.42. The molecule has 0 radical (unpaired) electrons. The molecule has 1 aliphatic heterocycles. The Morgan fingerprint density at radius 1 is 1.52 bits per heavy atom. The van der Waals surface area contributed by atoms with Crippen LogP contribution in [0.4, 0.5) is 0 Å². The molecular formula is C17H25N3O. The highest BCUT2D eigenvalue weighted by molar-refractivity contribution is 5.84. The first-order valence-electron chi connectivity index (χ1n) is 8.11. The molecule has 3 aliphatic rings. The van der Waals surface area contributed by atoms with Crippen molar-refractivity contribution in [2.24, 2.45) is 16.3 Å². The van der Waals surface area contributed by atoms with E-state index in [9.17, 15) is 0 Å². The number of ether oxygens (including phenoxy) is 1. The topological polar surface area (TPSA) is 48.6 Å². The van der Waals surface area contributed by atoms with E-state index in [1.54, 1.807) is 0 Å². The van der Waals surface area contributed by atoms with Crippen molar-refractivity contribution < 1.29 is 4.74 Å². The SMILES string of the molecule is C=C(C#N)N=C(CC)N1CCC(OCC2(C)CC2)C2CC21. The largest absolute Gasteiger partial charge is 0.377 e. The molecule has 0 bridgehead atoms. The van der Waals surface area contributed by atoms with Crippen molar-refractivity contribution in [3.8, 4) is 6.07 Å². The number of likely N-dealkylation sites (tertiary alicyclic amines) is 1. The molecule has 3 unspecified atom stereocenters. The van der Waals surface area contributed by atoms with Crippen molar-refractivity contribution in [3.05, 3.63) is 12.3 Å². The zero-order valence-electron chi connectivity index (χ0n) is 13.1. The van der Waals surface area contributed by atoms with Gasteiger partial charge in [0.25, 0.3) is 0 Å². The number of amidine groups is 1. The van der Waals surface area contributed by atoms with Gasteiger partial charge in [-0.1, -0.05) is 20.4 Å². The summed E-state index contributed by atoms with van der Waals surface area (Å²) in [6, 6.07) is 2.59. The van der Waals surface area contributed by atoms with E-state index in [2.05, 4.69) is 30.3 Å². The molecule has 0 N–H and O–H groups in total. The zero-order chi connectivity index (χ0) is 15.0. The Morgan fingerprint density at radius 3 is 2.90 bits per heavy atom. The van der Waals surface area contributed by atoms with Crippen molar-refractivity contribution in [1.29, 1.82) is 5.26 Å². The van der Waals surface area contributed by atoms with Crippen LogP contribution >= 0.6 is 0 Å². The van der Waals surface area contributed by atoms with E-state index in [4.69, 9.17) is 10.00 Å². The summed E-state index contributed by atoms with van der Waals surface area (Å²) < 4.78 is 6.19. The number of rotatable bonds is 5. The Bertz CT molecular complexity index is 501. The molecule has 0 aromatic heterocycles. The quantitative estimate of drug-likeness (QED) is 0.443. The summed E-state index contributed by atoms with van der Waals surface area (Å²) in [5.74, 6) is 1.68. The minimum atomic E-state index is 0.309. The van der Waals surface area contributed by atoms with E-state index >= 15 is 0 Å². The van der Waals surface area contributed by atoms with Crippen LogP contribution in [0.25, 0.3) is 0 Å². The summed E-state index contributed by atoms with van der Waals surface area (Å²) in [6.45, 7) is 10.0. The van der Waals surface area contributed by atoms with Crippen LogP contribution in [0.15, 0.2) is 17.3 Å². The van der Waals surface area contributed by atoms with Gasteiger partial charge in [0, 0.05) is 24.9 Å². The average molecular weight is 287 g/mol. The van der Waals surface area contributed by atoms with Crippen molar-refractivity contribution in [2.45, 2.75) is 58.1 Å². The van der Waals surface area contributed by atoms with Crippen LogP contribution < -0.4 is 0 Å². The highest BCUT2D eigenvalue weighted by atomic mass is 16.5. The lowest BCUT2D eigenvalue weighted by atomic mass is 10.1. The Kier molecular flexibility index (Phi) is 3.79. The summed E-state index contributed by atoms with van der Waals surface area (Å²) in [5, 5.41) is 8.85. The molecule has 0 aromatic carbocycles. The minimum Gasteiger partial charge on any atom is -0.377 e. The van der Waals surface area contributed by atoms with E-state index < -0.39 is 0 Å². The van der Waals surface area contributed by atoms with Gasteiger partial charge < -0.3 is 9.64 Å². The second-order valence-electron chi connectivity index (χ2n) is 7.05. The molecule has 2 saturated carbocycles. The van der Waals surface area contributed by atoms with Gasteiger partial charge in [-0.2, -0.15) is 5.26 Å². The number of piperidine rings is 1. The average Bonchev–Trinajstić information content (AvgIpc) is 3.39. The standard InChI is InChI=1S/C17H25N3O/c1-4-16(19-12(2)10-18)20-8-5-15(13-9-14(13)20)21-11-17(3)6-7-17/h13-15H,2,4-9,11H2,1,3H3. The number of fused-ring (bicyclic) bond motifs is 1. The van der Waals surface area contributed by atoms with Gasteiger partial charge in [0.1, 0.15) is 17.6 Å². The number of nitrogens with zero attached hydrogens (tertiary/aromatic N) is 3. The monoisotopic (exact) mass is 287 g/mol. The molecule has 2 aliphatic carbocycles. The molecule has 0 aromatic rings. The normalized spacial score (nSPS) is 33.1. The molecule has 4 nitrogen and oxygen atoms in total. The Morgan fingerprint density at radius 2 is 2.29 bits per heavy atom. The molecule has 3 rings (SSSR count). The van der Waals surface area contributed by atoms with Crippen LogP contribution in [0.3, 0.4) is 0 Å². The van der Waals surface area contributed by atoms with Crippen molar-refractivity contribution in [3.63, 3.8) is 0 Å². The molecule has 0 amide bonds. The van der Waals surface area contributed by atoms with E-state index in [1.807, 2.05) is 6.07 Å². The zero-order valence-corrected chi connectivity index (χ0v) is 13.1. The highest BCUT2D eigenvalue weighted by Gasteiger charge is 2.52. The van der Waals surface area contributed by atoms with Gasteiger partial charge in [-0.3, -0.25) is 0 Å². The fourth-order valence-electron chi connectivity index (χ4n) is 3.32. The molecule has 1 saturated heterocycles. The van der Waals surface area contributed by atoms with Crippen LogP contribution in [0.1, 0.15) is 46.0 Å². The fraction of sp³-hybridized carbons (Fsp3) is 0.765. The number of allylic oxidation sites excluding steroid dienone is 1. The third-order valence-corrected chi connectivity index (χ3v) is 5.13. The van der Waals surface area contributed by atoms with Crippen molar-refractivity contribution >= 4 is 5.84 Å². The predicted molar refractivity (Wildman–Crippen MR) is 82.8 cm³/mol. The maximum absolute atomic E-state index is 8.85. The first-order chi connectivity index (χ1) is 10.1. The van der Waals surface area contributed by atoms with Crippen LogP contribution in [0.2, 0.25) is 0 Å². The second-order valence-corrected chi connectivity index (χ2v) is 7.05. The van der Waals surface area contributed by atoms with E-state index in [1.165, 1.54) is 19.3 Å². The first-order valence-corrected chi connectivity index (χ1v) is 8.11. The summed E-state index contributed by atoms with van der Waals surface area (Å²) in [5.41, 5.74) is 0.784. The van der Waals surface area contributed by atoms with Crippen LogP contribution in [0, 0.1) is 22.7 Å². The molecular weight excluding hydrogens is 262 g/mol. The Hall–Kier alpha value is -1.34. The van der Waals surface area contributed by atoms with Gasteiger partial charge in [-0.25, -0.2) is 4.99 Å².